The molecule has 2 amide bonds. The normalized spacial score (nSPS) is 22.7. The van der Waals surface area contributed by atoms with Crippen molar-refractivity contribution in [2.75, 3.05) is 23.1 Å². The van der Waals surface area contributed by atoms with E-state index in [9.17, 15) is 26.4 Å². The highest BCUT2D eigenvalue weighted by atomic mass is 32.2. The lowest BCUT2D eigenvalue weighted by Crippen LogP contribution is -2.30. The van der Waals surface area contributed by atoms with Crippen molar-refractivity contribution in [3.8, 4) is 11.5 Å². The van der Waals surface area contributed by atoms with Gasteiger partial charge in [0.15, 0.2) is 0 Å². The van der Waals surface area contributed by atoms with Crippen LogP contribution in [-0.4, -0.2) is 75.5 Å². The molecule has 0 bridgehead atoms. The summed E-state index contributed by atoms with van der Waals surface area (Å²) in [6, 6.07) is 14.9. The molecule has 0 spiro atoms. The first-order valence-corrected chi connectivity index (χ1v) is 21.9. The summed E-state index contributed by atoms with van der Waals surface area (Å²) in [5.41, 5.74) is 0. The summed E-state index contributed by atoms with van der Waals surface area (Å²) in [4.78, 5) is 32.3. The van der Waals surface area contributed by atoms with Crippen LogP contribution in [0.15, 0.2) is 60.9 Å². The Morgan fingerprint density at radius 3 is 1.31 bits per heavy atom. The standard InChI is InChI=1S/2C19H22N2O5S/c2*1-27(23,24)26-17-4-2-3-16(17)25-15-8-7-13-10-18(20-11-14(13)9-15)21-19(22)12-5-6-12/h2*7-12,16-17H,2-6H2,1H3,(H,20,21,22)/t2*16-,17-/m10/s1. The zero-order valence-corrected chi connectivity index (χ0v) is 31.7. The number of fused-ring (bicyclic) bond motifs is 2. The molecule has 4 aromatic rings. The van der Waals surface area contributed by atoms with Crippen LogP contribution in [0.1, 0.15) is 64.2 Å². The predicted molar refractivity (Wildman–Crippen MR) is 202 cm³/mol. The van der Waals surface area contributed by atoms with Crippen LogP contribution in [0.2, 0.25) is 0 Å². The minimum Gasteiger partial charge on any atom is -0.488 e. The Morgan fingerprint density at radius 2 is 0.944 bits per heavy atom. The molecule has 4 saturated carbocycles. The van der Waals surface area contributed by atoms with Crippen molar-refractivity contribution >= 4 is 65.2 Å². The Balaban J connectivity index is 0.000000167. The van der Waals surface area contributed by atoms with Gasteiger partial charge >= 0.3 is 0 Å². The van der Waals surface area contributed by atoms with E-state index in [1.165, 1.54) is 0 Å². The van der Waals surface area contributed by atoms with Gasteiger partial charge in [-0.25, -0.2) is 9.97 Å². The van der Waals surface area contributed by atoms with Gasteiger partial charge in [0.25, 0.3) is 20.2 Å². The van der Waals surface area contributed by atoms with Gasteiger partial charge in [0.05, 0.1) is 12.5 Å². The zero-order valence-electron chi connectivity index (χ0n) is 30.1. The summed E-state index contributed by atoms with van der Waals surface area (Å²) in [5.74, 6) is 2.70. The topological polar surface area (TPSA) is 189 Å². The number of hydrogen-bond donors (Lipinski definition) is 2. The molecule has 288 valence electrons. The van der Waals surface area contributed by atoms with Gasteiger partial charge in [-0.3, -0.25) is 18.0 Å². The fraction of sp³-hybridized carbons (Fsp3) is 0.474. The van der Waals surface area contributed by atoms with E-state index >= 15 is 0 Å². The molecule has 2 heterocycles. The number of nitrogens with zero attached hydrogens (tertiary/aromatic N) is 2. The second-order valence-corrected chi connectivity index (χ2v) is 17.7. The number of benzene rings is 2. The first kappa shape index (κ1) is 37.9. The Labute approximate surface area is 314 Å². The Bertz CT molecular complexity index is 2100. The molecule has 0 saturated heterocycles. The molecule has 0 aliphatic heterocycles. The van der Waals surface area contributed by atoms with Gasteiger partial charge in [-0.05, 0) is 111 Å². The monoisotopic (exact) mass is 780 g/mol. The van der Waals surface area contributed by atoms with Crippen LogP contribution in [-0.2, 0) is 38.2 Å². The first-order valence-electron chi connectivity index (χ1n) is 18.3. The van der Waals surface area contributed by atoms with Crippen molar-refractivity contribution in [1.29, 1.82) is 0 Å². The molecule has 2 aromatic carbocycles. The Kier molecular flexibility index (Phi) is 11.1. The maximum atomic E-state index is 11.9. The van der Waals surface area contributed by atoms with Gasteiger partial charge in [0.2, 0.25) is 11.8 Å². The van der Waals surface area contributed by atoms with Crippen LogP contribution in [0.25, 0.3) is 21.5 Å². The van der Waals surface area contributed by atoms with Crippen molar-refractivity contribution in [1.82, 2.24) is 9.97 Å². The number of aromatic nitrogens is 2. The van der Waals surface area contributed by atoms with E-state index < -0.39 is 32.4 Å². The lowest BCUT2D eigenvalue weighted by Gasteiger charge is -2.20. The summed E-state index contributed by atoms with van der Waals surface area (Å²) >= 11 is 0. The number of nitrogens with one attached hydrogen (secondary N) is 2. The van der Waals surface area contributed by atoms with E-state index in [0.29, 0.717) is 36.0 Å². The predicted octanol–water partition coefficient (Wildman–Crippen LogP) is 5.72. The maximum Gasteiger partial charge on any atom is 0.264 e. The molecule has 0 unspecified atom stereocenters. The number of carbonyl (C=O) groups excluding carboxylic acids is 2. The van der Waals surface area contributed by atoms with E-state index in [4.69, 9.17) is 17.8 Å². The summed E-state index contributed by atoms with van der Waals surface area (Å²) in [7, 11) is -7.02. The number of carbonyl (C=O) groups is 2. The number of hydrogen-bond acceptors (Lipinski definition) is 12. The van der Waals surface area contributed by atoms with Crippen LogP contribution in [0.5, 0.6) is 11.5 Å². The Morgan fingerprint density at radius 1 is 0.556 bits per heavy atom. The highest BCUT2D eigenvalue weighted by molar-refractivity contribution is 7.86. The SMILES string of the molecule is CS(=O)(=O)O[C@@H]1CCC[C@H]1Oc1ccc2cc(NC(=O)C3CC3)ncc2c1.CS(=O)(=O)O[C@H]1CCC[C@@H]1Oc1ccc2cc(NC(=O)C3CC3)ncc2c1. The van der Waals surface area contributed by atoms with Crippen LogP contribution in [0, 0.1) is 11.8 Å². The molecular weight excluding hydrogens is 737 g/mol. The van der Waals surface area contributed by atoms with Gasteiger partial charge < -0.3 is 20.1 Å². The molecular formula is C38H44N4O10S2. The van der Waals surface area contributed by atoms with E-state index in [2.05, 4.69) is 20.6 Å². The molecule has 4 atom stereocenters. The molecule has 8 rings (SSSR count). The fourth-order valence-corrected chi connectivity index (χ4v) is 8.08. The highest BCUT2D eigenvalue weighted by Gasteiger charge is 2.34. The third-order valence-corrected chi connectivity index (χ3v) is 10.9. The van der Waals surface area contributed by atoms with Crippen LogP contribution >= 0.6 is 0 Å². The number of amides is 2. The molecule has 4 aliphatic carbocycles. The number of ether oxygens (including phenoxy) is 2. The maximum absolute atomic E-state index is 11.9. The summed E-state index contributed by atoms with van der Waals surface area (Å²) in [6.45, 7) is 0. The molecule has 2 N–H and O–H groups in total. The van der Waals surface area contributed by atoms with Crippen LogP contribution in [0.4, 0.5) is 11.6 Å². The molecule has 2 aromatic heterocycles. The van der Waals surface area contributed by atoms with Crippen LogP contribution in [0.3, 0.4) is 0 Å². The first-order chi connectivity index (χ1) is 25.7. The van der Waals surface area contributed by atoms with Gasteiger partial charge in [-0.15, -0.1) is 0 Å². The van der Waals surface area contributed by atoms with Crippen molar-refractivity contribution in [3.05, 3.63) is 60.9 Å². The van der Waals surface area contributed by atoms with E-state index in [1.54, 1.807) is 12.4 Å². The lowest BCUT2D eigenvalue weighted by atomic mass is 10.1. The van der Waals surface area contributed by atoms with Crippen molar-refractivity contribution in [3.63, 3.8) is 0 Å². The Hall–Kier alpha value is -4.38. The minimum absolute atomic E-state index is 0.0277. The van der Waals surface area contributed by atoms with E-state index in [-0.39, 0.29) is 35.9 Å². The molecule has 0 radical (unpaired) electrons. The van der Waals surface area contributed by atoms with Crippen molar-refractivity contribution in [2.24, 2.45) is 11.8 Å². The lowest BCUT2D eigenvalue weighted by molar-refractivity contribution is -0.118. The third kappa shape index (κ3) is 10.4. The van der Waals surface area contributed by atoms with Gasteiger partial charge in [-0.2, -0.15) is 16.8 Å². The average Bonchev–Trinajstić information content (AvgIpc) is 4.05. The molecule has 54 heavy (non-hydrogen) atoms. The second kappa shape index (κ2) is 15.8. The summed E-state index contributed by atoms with van der Waals surface area (Å²) in [6.07, 6.45) is 12.4. The highest BCUT2D eigenvalue weighted by Crippen LogP contribution is 2.34. The van der Waals surface area contributed by atoms with E-state index in [0.717, 1.165) is 85.4 Å². The zero-order chi connectivity index (χ0) is 38.0. The third-order valence-electron chi connectivity index (χ3n) is 9.74. The van der Waals surface area contributed by atoms with Crippen molar-refractivity contribution < 1.29 is 44.3 Å². The molecule has 4 fully saturated rings. The fourth-order valence-electron chi connectivity index (χ4n) is 6.74. The number of pyridine rings is 2. The average molecular weight is 781 g/mol. The smallest absolute Gasteiger partial charge is 0.264 e. The minimum atomic E-state index is -3.51. The molecule has 16 heteroatoms. The van der Waals surface area contributed by atoms with Gasteiger partial charge in [-0.1, -0.05) is 12.1 Å². The van der Waals surface area contributed by atoms with Gasteiger partial charge in [0, 0.05) is 35.0 Å². The van der Waals surface area contributed by atoms with Gasteiger partial charge in [0.1, 0.15) is 47.6 Å². The molecule has 14 nitrogen and oxygen atoms in total. The second-order valence-electron chi connectivity index (χ2n) is 14.5. The quantitative estimate of drug-likeness (QED) is 0.167. The van der Waals surface area contributed by atoms with Crippen LogP contribution < -0.4 is 20.1 Å². The summed E-state index contributed by atoms with van der Waals surface area (Å²) < 4.78 is 67.9. The largest absolute Gasteiger partial charge is 0.488 e. The van der Waals surface area contributed by atoms with Crippen molar-refractivity contribution in [2.45, 2.75) is 88.6 Å². The number of rotatable bonds is 12. The molecule has 4 aliphatic rings. The summed E-state index contributed by atoms with van der Waals surface area (Å²) in [5, 5.41) is 9.34. The van der Waals surface area contributed by atoms with E-state index in [1.807, 2.05) is 48.5 Å². The number of anilines is 2.